The molecule has 1 unspecified atom stereocenters. The lowest BCUT2D eigenvalue weighted by atomic mass is 9.97. The zero-order chi connectivity index (χ0) is 19.5. The van der Waals surface area contributed by atoms with Crippen LogP contribution in [-0.2, 0) is 0 Å². The van der Waals surface area contributed by atoms with Gasteiger partial charge in [-0.05, 0) is 86.8 Å². The summed E-state index contributed by atoms with van der Waals surface area (Å²) in [5.74, 6) is 2.23. The second-order valence-electron chi connectivity index (χ2n) is 7.36. The zero-order valence-electron chi connectivity index (χ0n) is 17.1. The number of unbranched alkanes of at least 4 members (excludes halogenated alkanes) is 2. The third-order valence-electron chi connectivity index (χ3n) is 5.03. The van der Waals surface area contributed by atoms with Crippen LogP contribution in [0.3, 0.4) is 0 Å². The van der Waals surface area contributed by atoms with Crippen molar-refractivity contribution in [3.8, 4) is 11.5 Å². The number of nitrogens with zero attached hydrogens (tertiary/aromatic N) is 1. The van der Waals surface area contributed by atoms with E-state index >= 15 is 0 Å². The molecule has 27 heavy (non-hydrogen) atoms. The average molecular weight is 388 g/mol. The molecule has 0 aliphatic rings. The monoisotopic (exact) mass is 387 g/mol. The molecular formula is C24H34ClNO. The first-order chi connectivity index (χ1) is 13.1. The first-order valence-electron chi connectivity index (χ1n) is 10.4. The van der Waals surface area contributed by atoms with E-state index in [0.717, 1.165) is 16.5 Å². The summed E-state index contributed by atoms with van der Waals surface area (Å²) in [6.07, 6.45) is 6.34. The van der Waals surface area contributed by atoms with Crippen molar-refractivity contribution in [1.82, 2.24) is 4.90 Å². The number of rotatable bonds is 12. The van der Waals surface area contributed by atoms with Gasteiger partial charge in [-0.15, -0.1) is 0 Å². The lowest BCUT2D eigenvalue weighted by Crippen LogP contribution is -2.28. The number of hydrogen-bond donors (Lipinski definition) is 0. The summed E-state index contributed by atoms with van der Waals surface area (Å²) >= 11 is 5.92. The van der Waals surface area contributed by atoms with E-state index in [-0.39, 0.29) is 0 Å². The van der Waals surface area contributed by atoms with Gasteiger partial charge in [0.15, 0.2) is 0 Å². The predicted octanol–water partition coefficient (Wildman–Crippen LogP) is 7.53. The molecule has 0 heterocycles. The van der Waals surface area contributed by atoms with E-state index in [4.69, 9.17) is 16.3 Å². The summed E-state index contributed by atoms with van der Waals surface area (Å²) in [5.41, 5.74) is 1.38. The predicted molar refractivity (Wildman–Crippen MR) is 117 cm³/mol. The summed E-state index contributed by atoms with van der Waals surface area (Å²) in [6, 6.07) is 16.0. The highest BCUT2D eigenvalue weighted by atomic mass is 35.5. The van der Waals surface area contributed by atoms with Gasteiger partial charge in [0.05, 0.1) is 0 Å². The fourth-order valence-corrected chi connectivity index (χ4v) is 3.27. The van der Waals surface area contributed by atoms with Crippen LogP contribution in [0.15, 0.2) is 48.5 Å². The van der Waals surface area contributed by atoms with Gasteiger partial charge in [-0.1, -0.05) is 57.3 Å². The summed E-state index contributed by atoms with van der Waals surface area (Å²) < 4.78 is 5.89. The van der Waals surface area contributed by atoms with Crippen LogP contribution in [0.1, 0.15) is 64.4 Å². The molecule has 0 fully saturated rings. The van der Waals surface area contributed by atoms with Crippen molar-refractivity contribution in [3.63, 3.8) is 0 Å². The standard InChI is InChI=1S/C24H34ClNO/c1-4-6-17-26(18-7-5-2)19-16-20(3)21-8-12-23(13-9-21)27-24-14-10-22(25)11-15-24/h8-15,20H,4-7,16-19H2,1-3H3. The van der Waals surface area contributed by atoms with Gasteiger partial charge in [0.1, 0.15) is 11.5 Å². The Bertz CT molecular complexity index is 630. The largest absolute Gasteiger partial charge is 0.457 e. The van der Waals surface area contributed by atoms with Crippen molar-refractivity contribution in [1.29, 1.82) is 0 Å². The maximum Gasteiger partial charge on any atom is 0.127 e. The fourth-order valence-electron chi connectivity index (χ4n) is 3.14. The van der Waals surface area contributed by atoms with E-state index in [0.29, 0.717) is 5.92 Å². The van der Waals surface area contributed by atoms with Crippen LogP contribution in [0.25, 0.3) is 0 Å². The second-order valence-corrected chi connectivity index (χ2v) is 7.80. The molecule has 3 heteroatoms. The van der Waals surface area contributed by atoms with Gasteiger partial charge in [0.25, 0.3) is 0 Å². The van der Waals surface area contributed by atoms with Crippen LogP contribution in [0.4, 0.5) is 0 Å². The molecule has 2 aromatic rings. The van der Waals surface area contributed by atoms with Crippen LogP contribution in [0.2, 0.25) is 5.02 Å². The van der Waals surface area contributed by atoms with Gasteiger partial charge < -0.3 is 9.64 Å². The van der Waals surface area contributed by atoms with Crippen molar-refractivity contribution in [3.05, 3.63) is 59.1 Å². The smallest absolute Gasteiger partial charge is 0.127 e. The first-order valence-corrected chi connectivity index (χ1v) is 10.8. The molecule has 0 bridgehead atoms. The molecular weight excluding hydrogens is 354 g/mol. The molecule has 0 amide bonds. The third kappa shape index (κ3) is 7.94. The quantitative estimate of drug-likeness (QED) is 0.373. The molecule has 0 aliphatic heterocycles. The Morgan fingerprint density at radius 2 is 1.33 bits per heavy atom. The lowest BCUT2D eigenvalue weighted by molar-refractivity contribution is 0.256. The van der Waals surface area contributed by atoms with Crippen molar-refractivity contribution in [2.45, 2.75) is 58.8 Å². The highest BCUT2D eigenvalue weighted by molar-refractivity contribution is 6.30. The third-order valence-corrected chi connectivity index (χ3v) is 5.28. The number of benzene rings is 2. The molecule has 0 spiro atoms. The summed E-state index contributed by atoms with van der Waals surface area (Å²) in [6.45, 7) is 10.5. The molecule has 0 saturated carbocycles. The summed E-state index contributed by atoms with van der Waals surface area (Å²) in [5, 5.41) is 0.721. The van der Waals surface area contributed by atoms with E-state index < -0.39 is 0 Å². The van der Waals surface area contributed by atoms with Crippen LogP contribution in [0.5, 0.6) is 11.5 Å². The second kappa shape index (κ2) is 12.0. The van der Waals surface area contributed by atoms with Crippen LogP contribution in [-0.4, -0.2) is 24.5 Å². The first kappa shape index (κ1) is 21.8. The molecule has 0 N–H and O–H groups in total. The SMILES string of the molecule is CCCCN(CCCC)CCC(C)c1ccc(Oc2ccc(Cl)cc2)cc1. The molecule has 148 valence electrons. The van der Waals surface area contributed by atoms with Gasteiger partial charge in [-0.25, -0.2) is 0 Å². The minimum absolute atomic E-state index is 0.556. The number of hydrogen-bond acceptors (Lipinski definition) is 2. The Labute approximate surface area is 170 Å². The topological polar surface area (TPSA) is 12.5 Å². The Kier molecular flexibility index (Phi) is 9.72. The lowest BCUT2D eigenvalue weighted by Gasteiger charge is -2.24. The van der Waals surface area contributed by atoms with Crippen molar-refractivity contribution in [2.75, 3.05) is 19.6 Å². The van der Waals surface area contributed by atoms with Gasteiger partial charge in [0.2, 0.25) is 0 Å². The normalized spacial score (nSPS) is 12.3. The summed E-state index contributed by atoms with van der Waals surface area (Å²) in [7, 11) is 0. The van der Waals surface area contributed by atoms with Gasteiger partial charge >= 0.3 is 0 Å². The average Bonchev–Trinajstić information content (AvgIpc) is 2.69. The zero-order valence-corrected chi connectivity index (χ0v) is 17.8. The van der Waals surface area contributed by atoms with E-state index in [9.17, 15) is 0 Å². The van der Waals surface area contributed by atoms with E-state index in [1.165, 1.54) is 57.3 Å². The molecule has 2 aromatic carbocycles. The Hall–Kier alpha value is -1.51. The minimum atomic E-state index is 0.556. The van der Waals surface area contributed by atoms with Crippen molar-refractivity contribution < 1.29 is 4.74 Å². The summed E-state index contributed by atoms with van der Waals surface area (Å²) in [4.78, 5) is 2.64. The van der Waals surface area contributed by atoms with Crippen LogP contribution >= 0.6 is 11.6 Å². The van der Waals surface area contributed by atoms with E-state index in [1.807, 2.05) is 24.3 Å². The molecule has 0 saturated heterocycles. The molecule has 2 rings (SSSR count). The number of halogens is 1. The van der Waals surface area contributed by atoms with Crippen LogP contribution in [0, 0.1) is 0 Å². The van der Waals surface area contributed by atoms with Gasteiger partial charge in [-0.3, -0.25) is 0 Å². The highest BCUT2D eigenvalue weighted by Crippen LogP contribution is 2.26. The van der Waals surface area contributed by atoms with E-state index in [1.54, 1.807) is 0 Å². The molecule has 2 nitrogen and oxygen atoms in total. The number of ether oxygens (including phenoxy) is 1. The fraction of sp³-hybridized carbons (Fsp3) is 0.500. The maximum absolute atomic E-state index is 5.92. The van der Waals surface area contributed by atoms with Gasteiger partial charge in [0, 0.05) is 5.02 Å². The van der Waals surface area contributed by atoms with Crippen molar-refractivity contribution in [2.24, 2.45) is 0 Å². The molecule has 0 radical (unpaired) electrons. The Balaban J connectivity index is 1.86. The minimum Gasteiger partial charge on any atom is -0.457 e. The van der Waals surface area contributed by atoms with Gasteiger partial charge in [-0.2, -0.15) is 0 Å². The Morgan fingerprint density at radius 1 is 0.815 bits per heavy atom. The van der Waals surface area contributed by atoms with Crippen LogP contribution < -0.4 is 4.74 Å². The maximum atomic E-state index is 5.92. The molecule has 0 aromatic heterocycles. The highest BCUT2D eigenvalue weighted by Gasteiger charge is 2.10. The molecule has 0 aliphatic carbocycles. The van der Waals surface area contributed by atoms with Crippen molar-refractivity contribution >= 4 is 11.6 Å². The van der Waals surface area contributed by atoms with E-state index in [2.05, 4.69) is 49.9 Å². The Morgan fingerprint density at radius 3 is 1.85 bits per heavy atom. The molecule has 1 atom stereocenters.